The van der Waals surface area contributed by atoms with Gasteiger partial charge in [-0.2, -0.15) is 0 Å². The molecule has 6 heteroatoms. The zero-order chi connectivity index (χ0) is 17.8. The molecule has 1 aliphatic rings. The number of benzene rings is 2. The van der Waals surface area contributed by atoms with Gasteiger partial charge in [0.2, 0.25) is 0 Å². The van der Waals surface area contributed by atoms with Crippen molar-refractivity contribution in [2.24, 2.45) is 0 Å². The molecule has 0 aliphatic carbocycles. The number of aliphatic hydroxyl groups is 1. The quantitative estimate of drug-likeness (QED) is 0.779. The molecule has 3 rings (SSSR count). The SMILES string of the molecule is O=C(NCC(O)[C@@H]1Cc2ccccc2CN1)c1cccc(C(F)F)c1. The molecule has 0 aromatic heterocycles. The molecule has 2 atom stereocenters. The van der Waals surface area contributed by atoms with Crippen LogP contribution in [0.4, 0.5) is 8.78 Å². The third-order valence-corrected chi connectivity index (χ3v) is 4.45. The number of aliphatic hydroxyl groups excluding tert-OH is 1. The summed E-state index contributed by atoms with van der Waals surface area (Å²) in [5.74, 6) is -0.474. The minimum Gasteiger partial charge on any atom is -0.390 e. The number of alkyl halides is 2. The number of fused-ring (bicyclic) bond motifs is 1. The van der Waals surface area contributed by atoms with E-state index in [4.69, 9.17) is 0 Å². The maximum Gasteiger partial charge on any atom is 0.263 e. The molecule has 1 aliphatic heterocycles. The minimum absolute atomic E-state index is 0.0531. The highest BCUT2D eigenvalue weighted by Gasteiger charge is 2.24. The highest BCUT2D eigenvalue weighted by Crippen LogP contribution is 2.20. The van der Waals surface area contributed by atoms with Crippen LogP contribution in [0, 0.1) is 0 Å². The number of amides is 1. The lowest BCUT2D eigenvalue weighted by Gasteiger charge is -2.30. The Labute approximate surface area is 144 Å². The van der Waals surface area contributed by atoms with Crippen LogP contribution in [0.15, 0.2) is 48.5 Å². The van der Waals surface area contributed by atoms with Gasteiger partial charge < -0.3 is 15.7 Å². The van der Waals surface area contributed by atoms with Crippen LogP contribution in [0.1, 0.15) is 33.5 Å². The molecule has 3 N–H and O–H groups in total. The second kappa shape index (κ2) is 7.72. The fourth-order valence-electron chi connectivity index (χ4n) is 3.01. The van der Waals surface area contributed by atoms with Gasteiger partial charge in [-0.25, -0.2) is 8.78 Å². The number of hydrogen-bond donors (Lipinski definition) is 3. The average molecular weight is 346 g/mol. The Morgan fingerprint density at radius 2 is 1.96 bits per heavy atom. The van der Waals surface area contributed by atoms with Gasteiger partial charge in [-0.05, 0) is 29.7 Å². The van der Waals surface area contributed by atoms with Gasteiger partial charge in [-0.1, -0.05) is 36.4 Å². The molecular formula is C19H20F2N2O2. The monoisotopic (exact) mass is 346 g/mol. The van der Waals surface area contributed by atoms with E-state index in [0.29, 0.717) is 13.0 Å². The topological polar surface area (TPSA) is 61.4 Å². The first-order chi connectivity index (χ1) is 12.0. The summed E-state index contributed by atoms with van der Waals surface area (Å²) in [5, 5.41) is 16.2. The maximum atomic E-state index is 12.7. The summed E-state index contributed by atoms with van der Waals surface area (Å²) in [7, 11) is 0. The van der Waals surface area contributed by atoms with Crippen molar-refractivity contribution in [2.75, 3.05) is 6.54 Å². The van der Waals surface area contributed by atoms with Gasteiger partial charge in [0.15, 0.2) is 0 Å². The van der Waals surface area contributed by atoms with Crippen molar-refractivity contribution in [3.8, 4) is 0 Å². The van der Waals surface area contributed by atoms with E-state index in [-0.39, 0.29) is 23.7 Å². The normalized spacial score (nSPS) is 17.8. The van der Waals surface area contributed by atoms with E-state index in [0.717, 1.165) is 0 Å². The fourth-order valence-corrected chi connectivity index (χ4v) is 3.01. The van der Waals surface area contributed by atoms with Crippen molar-refractivity contribution >= 4 is 5.91 Å². The molecule has 0 spiro atoms. The highest BCUT2D eigenvalue weighted by molar-refractivity contribution is 5.94. The van der Waals surface area contributed by atoms with E-state index in [1.54, 1.807) is 0 Å². The number of nitrogens with one attached hydrogen (secondary N) is 2. The molecule has 0 saturated carbocycles. The van der Waals surface area contributed by atoms with Crippen LogP contribution in [0.25, 0.3) is 0 Å². The molecule has 2 aromatic rings. The standard InChI is InChI=1S/C19H20F2N2O2/c20-18(21)13-6-3-7-14(8-13)19(25)23-11-17(24)16-9-12-4-1-2-5-15(12)10-22-16/h1-8,16-18,22,24H,9-11H2,(H,23,25)/t16-,17?/m0/s1. The molecule has 0 fully saturated rings. The van der Waals surface area contributed by atoms with Gasteiger partial charge in [0, 0.05) is 30.3 Å². The van der Waals surface area contributed by atoms with Gasteiger partial charge in [0.25, 0.3) is 12.3 Å². The van der Waals surface area contributed by atoms with E-state index < -0.39 is 18.4 Å². The molecule has 4 nitrogen and oxygen atoms in total. The van der Waals surface area contributed by atoms with E-state index in [1.807, 2.05) is 24.3 Å². The Bertz CT molecular complexity index is 752. The third kappa shape index (κ3) is 4.21. The Kier molecular flexibility index (Phi) is 5.40. The lowest BCUT2D eigenvalue weighted by Crippen LogP contribution is -2.49. The number of hydrogen-bond acceptors (Lipinski definition) is 3. The molecule has 0 saturated heterocycles. The smallest absolute Gasteiger partial charge is 0.263 e. The predicted molar refractivity (Wildman–Crippen MR) is 90.5 cm³/mol. The molecule has 132 valence electrons. The highest BCUT2D eigenvalue weighted by atomic mass is 19.3. The van der Waals surface area contributed by atoms with Crippen LogP contribution in [0.2, 0.25) is 0 Å². The number of rotatable bonds is 5. The predicted octanol–water partition coefficient (Wildman–Crippen LogP) is 2.43. The fraction of sp³-hybridized carbons (Fsp3) is 0.316. The minimum atomic E-state index is -2.62. The van der Waals surface area contributed by atoms with Crippen molar-refractivity contribution in [3.05, 3.63) is 70.8 Å². The molecule has 0 radical (unpaired) electrons. The Morgan fingerprint density at radius 3 is 2.72 bits per heavy atom. The zero-order valence-corrected chi connectivity index (χ0v) is 13.6. The van der Waals surface area contributed by atoms with Crippen LogP contribution in [0.5, 0.6) is 0 Å². The summed E-state index contributed by atoms with van der Waals surface area (Å²) < 4.78 is 25.4. The van der Waals surface area contributed by atoms with Gasteiger partial charge in [0.1, 0.15) is 0 Å². The molecule has 1 unspecified atom stereocenters. The molecule has 25 heavy (non-hydrogen) atoms. The second-order valence-corrected chi connectivity index (χ2v) is 6.16. The van der Waals surface area contributed by atoms with Crippen molar-refractivity contribution in [1.82, 2.24) is 10.6 Å². The average Bonchev–Trinajstić information content (AvgIpc) is 2.65. The zero-order valence-electron chi connectivity index (χ0n) is 13.6. The van der Waals surface area contributed by atoms with E-state index >= 15 is 0 Å². The van der Waals surface area contributed by atoms with Crippen LogP contribution < -0.4 is 10.6 Å². The Balaban J connectivity index is 1.56. The van der Waals surface area contributed by atoms with Crippen LogP contribution >= 0.6 is 0 Å². The summed E-state index contributed by atoms with van der Waals surface area (Å²) >= 11 is 0. The van der Waals surface area contributed by atoms with Gasteiger partial charge in [-0.3, -0.25) is 4.79 Å². The summed E-state index contributed by atoms with van der Waals surface area (Å²) in [4.78, 5) is 12.1. The van der Waals surface area contributed by atoms with E-state index in [1.165, 1.54) is 35.4 Å². The first-order valence-corrected chi connectivity index (χ1v) is 8.19. The third-order valence-electron chi connectivity index (χ3n) is 4.45. The van der Waals surface area contributed by atoms with Gasteiger partial charge >= 0.3 is 0 Å². The molecule has 1 heterocycles. The largest absolute Gasteiger partial charge is 0.390 e. The van der Waals surface area contributed by atoms with E-state index in [2.05, 4.69) is 10.6 Å². The van der Waals surface area contributed by atoms with Crippen molar-refractivity contribution in [2.45, 2.75) is 31.5 Å². The first-order valence-electron chi connectivity index (χ1n) is 8.19. The maximum absolute atomic E-state index is 12.7. The second-order valence-electron chi connectivity index (χ2n) is 6.16. The summed E-state index contributed by atoms with van der Waals surface area (Å²) in [6.45, 7) is 0.722. The Morgan fingerprint density at radius 1 is 1.20 bits per heavy atom. The lowest BCUT2D eigenvalue weighted by molar-refractivity contribution is 0.0869. The van der Waals surface area contributed by atoms with Crippen molar-refractivity contribution < 1.29 is 18.7 Å². The van der Waals surface area contributed by atoms with Crippen LogP contribution in [-0.2, 0) is 13.0 Å². The molecule has 1 amide bonds. The van der Waals surface area contributed by atoms with Crippen LogP contribution in [0.3, 0.4) is 0 Å². The lowest BCUT2D eigenvalue weighted by atomic mass is 9.93. The van der Waals surface area contributed by atoms with Gasteiger partial charge in [0.05, 0.1) is 6.10 Å². The van der Waals surface area contributed by atoms with Gasteiger partial charge in [-0.15, -0.1) is 0 Å². The van der Waals surface area contributed by atoms with Crippen LogP contribution in [-0.4, -0.2) is 29.7 Å². The molecule has 0 bridgehead atoms. The first kappa shape index (κ1) is 17.5. The number of carbonyl (C=O) groups is 1. The van der Waals surface area contributed by atoms with Crippen molar-refractivity contribution in [3.63, 3.8) is 0 Å². The summed E-state index contributed by atoms with van der Waals surface area (Å²) in [6, 6.07) is 13.2. The number of carbonyl (C=O) groups excluding carboxylic acids is 1. The summed E-state index contributed by atoms with van der Waals surface area (Å²) in [5.41, 5.74) is 2.35. The van der Waals surface area contributed by atoms with E-state index in [9.17, 15) is 18.7 Å². The molecular weight excluding hydrogens is 326 g/mol. The number of halogens is 2. The summed E-state index contributed by atoms with van der Waals surface area (Å²) in [6.07, 6.45) is -2.71. The Hall–Kier alpha value is -2.31. The van der Waals surface area contributed by atoms with Crippen molar-refractivity contribution in [1.29, 1.82) is 0 Å². The molecule has 2 aromatic carbocycles.